The monoisotopic (exact) mass is 240 g/mol. The molecule has 2 aromatic carbocycles. The Morgan fingerprint density at radius 3 is 2.72 bits per heavy atom. The zero-order valence-corrected chi connectivity index (χ0v) is 9.71. The number of ether oxygens (including phenoxy) is 2. The summed E-state index contributed by atoms with van der Waals surface area (Å²) in [5.41, 5.74) is 1.95. The molecule has 1 atom stereocenters. The summed E-state index contributed by atoms with van der Waals surface area (Å²) >= 11 is 0. The van der Waals surface area contributed by atoms with E-state index >= 15 is 0 Å². The maximum Gasteiger partial charge on any atom is 0.153 e. The molecule has 0 radical (unpaired) electrons. The van der Waals surface area contributed by atoms with Gasteiger partial charge in [-0.3, -0.25) is 0 Å². The minimum absolute atomic E-state index is 0.425. The molecule has 0 fully saturated rings. The maximum absolute atomic E-state index is 10.8. The molecule has 0 amide bonds. The normalized spacial score (nSPS) is 17.2. The third-order valence-corrected chi connectivity index (χ3v) is 2.94. The average Bonchev–Trinajstić information content (AvgIpc) is 2.82. The van der Waals surface area contributed by atoms with Crippen molar-refractivity contribution < 1.29 is 14.3 Å². The van der Waals surface area contributed by atoms with Gasteiger partial charge < -0.3 is 14.3 Å². The zero-order valence-electron chi connectivity index (χ0n) is 9.71. The van der Waals surface area contributed by atoms with Crippen LogP contribution in [0.1, 0.15) is 17.2 Å². The van der Waals surface area contributed by atoms with Crippen molar-refractivity contribution >= 4 is 6.29 Å². The first-order valence-electron chi connectivity index (χ1n) is 5.79. The summed E-state index contributed by atoms with van der Waals surface area (Å²) in [7, 11) is 0. The van der Waals surface area contributed by atoms with E-state index in [9.17, 15) is 4.79 Å². The molecule has 18 heavy (non-hydrogen) atoms. The van der Waals surface area contributed by atoms with Crippen LogP contribution < -0.4 is 4.74 Å². The zero-order chi connectivity index (χ0) is 12.4. The smallest absolute Gasteiger partial charge is 0.153 e. The highest BCUT2D eigenvalue weighted by molar-refractivity contribution is 5.63. The maximum atomic E-state index is 10.8. The van der Waals surface area contributed by atoms with Crippen molar-refractivity contribution in [1.82, 2.24) is 0 Å². The van der Waals surface area contributed by atoms with Gasteiger partial charge in [0.05, 0.1) is 6.61 Å². The molecule has 3 nitrogen and oxygen atoms in total. The number of aldehydes is 1. The SMILES string of the molecule is O=CC1OCc2cc(Oc3ccccc3)ccc21. The van der Waals surface area contributed by atoms with Gasteiger partial charge in [0.15, 0.2) is 6.29 Å². The molecule has 1 heterocycles. The van der Waals surface area contributed by atoms with Crippen molar-refractivity contribution in [2.24, 2.45) is 0 Å². The van der Waals surface area contributed by atoms with Crippen LogP contribution in [0.2, 0.25) is 0 Å². The van der Waals surface area contributed by atoms with Gasteiger partial charge in [0.2, 0.25) is 0 Å². The highest BCUT2D eigenvalue weighted by atomic mass is 16.5. The Kier molecular flexibility index (Phi) is 2.82. The number of hydrogen-bond donors (Lipinski definition) is 0. The molecule has 1 aliphatic heterocycles. The third kappa shape index (κ3) is 2.00. The molecule has 3 heteroatoms. The van der Waals surface area contributed by atoms with Gasteiger partial charge in [-0.25, -0.2) is 0 Å². The molecule has 90 valence electrons. The van der Waals surface area contributed by atoms with Crippen molar-refractivity contribution in [3.05, 3.63) is 59.7 Å². The van der Waals surface area contributed by atoms with Crippen LogP contribution in [-0.2, 0) is 16.1 Å². The van der Waals surface area contributed by atoms with Gasteiger partial charge in [0, 0.05) is 0 Å². The van der Waals surface area contributed by atoms with E-state index in [0.717, 1.165) is 28.9 Å². The minimum atomic E-state index is -0.425. The van der Waals surface area contributed by atoms with Crippen molar-refractivity contribution in [3.8, 4) is 11.5 Å². The molecular formula is C15H12O3. The second kappa shape index (κ2) is 4.63. The lowest BCUT2D eigenvalue weighted by atomic mass is 10.1. The lowest BCUT2D eigenvalue weighted by Gasteiger charge is -2.07. The molecule has 0 bridgehead atoms. The van der Waals surface area contributed by atoms with Crippen molar-refractivity contribution in [3.63, 3.8) is 0 Å². The number of carbonyl (C=O) groups excluding carboxylic acids is 1. The predicted octanol–water partition coefficient (Wildman–Crippen LogP) is 3.25. The van der Waals surface area contributed by atoms with Crippen LogP contribution in [0.5, 0.6) is 11.5 Å². The molecule has 0 aliphatic carbocycles. The molecule has 0 saturated heterocycles. The highest BCUT2D eigenvalue weighted by Gasteiger charge is 2.22. The Balaban J connectivity index is 1.86. The summed E-state index contributed by atoms with van der Waals surface area (Å²) in [5, 5.41) is 0. The van der Waals surface area contributed by atoms with E-state index in [1.54, 1.807) is 0 Å². The van der Waals surface area contributed by atoms with Gasteiger partial charge in [-0.05, 0) is 35.4 Å². The first-order valence-corrected chi connectivity index (χ1v) is 5.79. The number of hydrogen-bond acceptors (Lipinski definition) is 3. The van der Waals surface area contributed by atoms with E-state index in [2.05, 4.69) is 0 Å². The lowest BCUT2D eigenvalue weighted by Crippen LogP contribution is -1.95. The van der Waals surface area contributed by atoms with Crippen LogP contribution in [0.4, 0.5) is 0 Å². The molecule has 0 aromatic heterocycles. The Labute approximate surface area is 105 Å². The summed E-state index contributed by atoms with van der Waals surface area (Å²) < 4.78 is 11.1. The van der Waals surface area contributed by atoms with Crippen LogP contribution in [0.3, 0.4) is 0 Å². The second-order valence-electron chi connectivity index (χ2n) is 4.14. The minimum Gasteiger partial charge on any atom is -0.457 e. The standard InChI is InChI=1S/C15H12O3/c16-9-15-14-7-6-13(8-11(14)10-17-15)18-12-4-2-1-3-5-12/h1-9,15H,10H2. The lowest BCUT2D eigenvalue weighted by molar-refractivity contribution is -0.117. The predicted molar refractivity (Wildman–Crippen MR) is 66.6 cm³/mol. The van der Waals surface area contributed by atoms with Crippen molar-refractivity contribution in [2.75, 3.05) is 0 Å². The number of carbonyl (C=O) groups is 1. The Bertz CT molecular complexity index is 563. The van der Waals surface area contributed by atoms with E-state index in [0.29, 0.717) is 6.61 Å². The van der Waals surface area contributed by atoms with E-state index < -0.39 is 6.10 Å². The van der Waals surface area contributed by atoms with Crippen LogP contribution in [-0.4, -0.2) is 6.29 Å². The molecule has 0 spiro atoms. The Hall–Kier alpha value is -2.13. The fraction of sp³-hybridized carbons (Fsp3) is 0.133. The van der Waals surface area contributed by atoms with Gasteiger partial charge in [0.25, 0.3) is 0 Å². The van der Waals surface area contributed by atoms with Crippen molar-refractivity contribution in [2.45, 2.75) is 12.7 Å². The number of fused-ring (bicyclic) bond motifs is 1. The topological polar surface area (TPSA) is 35.5 Å². The highest BCUT2D eigenvalue weighted by Crippen LogP contribution is 2.33. The summed E-state index contributed by atoms with van der Waals surface area (Å²) in [6, 6.07) is 15.3. The van der Waals surface area contributed by atoms with Crippen LogP contribution >= 0.6 is 0 Å². The summed E-state index contributed by atoms with van der Waals surface area (Å²) in [4.78, 5) is 10.8. The summed E-state index contributed by atoms with van der Waals surface area (Å²) in [6.07, 6.45) is 0.398. The van der Waals surface area contributed by atoms with Crippen LogP contribution in [0.25, 0.3) is 0 Å². The Morgan fingerprint density at radius 1 is 1.11 bits per heavy atom. The van der Waals surface area contributed by atoms with Crippen LogP contribution in [0, 0.1) is 0 Å². The van der Waals surface area contributed by atoms with E-state index in [4.69, 9.17) is 9.47 Å². The Morgan fingerprint density at radius 2 is 1.94 bits per heavy atom. The average molecular weight is 240 g/mol. The van der Waals surface area contributed by atoms with Gasteiger partial charge in [-0.1, -0.05) is 24.3 Å². The fourth-order valence-electron chi connectivity index (χ4n) is 2.05. The van der Waals surface area contributed by atoms with E-state index in [1.807, 2.05) is 48.5 Å². The quantitative estimate of drug-likeness (QED) is 0.772. The van der Waals surface area contributed by atoms with E-state index in [-0.39, 0.29) is 0 Å². The van der Waals surface area contributed by atoms with Crippen LogP contribution in [0.15, 0.2) is 48.5 Å². The number of rotatable bonds is 3. The molecular weight excluding hydrogens is 228 g/mol. The fourth-order valence-corrected chi connectivity index (χ4v) is 2.05. The van der Waals surface area contributed by atoms with Gasteiger partial charge in [-0.15, -0.1) is 0 Å². The molecule has 1 unspecified atom stereocenters. The first-order chi connectivity index (χ1) is 8.86. The molecule has 3 rings (SSSR count). The largest absolute Gasteiger partial charge is 0.457 e. The molecule has 0 saturated carbocycles. The second-order valence-corrected chi connectivity index (χ2v) is 4.14. The molecule has 1 aliphatic rings. The van der Waals surface area contributed by atoms with Gasteiger partial charge in [-0.2, -0.15) is 0 Å². The summed E-state index contributed by atoms with van der Waals surface area (Å²) in [6.45, 7) is 0.463. The third-order valence-electron chi connectivity index (χ3n) is 2.94. The molecule has 2 aromatic rings. The first kappa shape index (κ1) is 11.0. The van der Waals surface area contributed by atoms with E-state index in [1.165, 1.54) is 0 Å². The summed E-state index contributed by atoms with van der Waals surface area (Å²) in [5.74, 6) is 1.55. The number of para-hydroxylation sites is 1. The van der Waals surface area contributed by atoms with Gasteiger partial charge in [0.1, 0.15) is 17.6 Å². The van der Waals surface area contributed by atoms with Gasteiger partial charge >= 0.3 is 0 Å². The molecule has 0 N–H and O–H groups in total. The van der Waals surface area contributed by atoms with Crippen molar-refractivity contribution in [1.29, 1.82) is 0 Å². The number of benzene rings is 2.